The lowest BCUT2D eigenvalue weighted by Gasteiger charge is -2.04. The summed E-state index contributed by atoms with van der Waals surface area (Å²) in [6, 6.07) is 0. The van der Waals surface area contributed by atoms with Crippen LogP contribution in [0.4, 0.5) is 0 Å². The van der Waals surface area contributed by atoms with Crippen LogP contribution in [-0.4, -0.2) is 9.97 Å². The highest BCUT2D eigenvalue weighted by Crippen LogP contribution is 2.31. The van der Waals surface area contributed by atoms with Gasteiger partial charge in [-0.05, 0) is 32.1 Å². The standard InChI is InChI=1S/C11H16N2O/c1-3-9-7(2)11(14)13-10(12-9)6-8-4-5-8/h8H,3-6H2,1-2H3,(H,12,13,14). The lowest BCUT2D eigenvalue weighted by Crippen LogP contribution is -2.17. The Kier molecular flexibility index (Phi) is 2.40. The van der Waals surface area contributed by atoms with Gasteiger partial charge < -0.3 is 4.98 Å². The molecular weight excluding hydrogens is 176 g/mol. The van der Waals surface area contributed by atoms with Crippen LogP contribution in [0.2, 0.25) is 0 Å². The molecule has 3 heteroatoms. The first-order chi connectivity index (χ1) is 6.70. The third kappa shape index (κ3) is 1.86. The van der Waals surface area contributed by atoms with E-state index < -0.39 is 0 Å². The second-order valence-electron chi connectivity index (χ2n) is 4.09. The van der Waals surface area contributed by atoms with Crippen LogP contribution in [-0.2, 0) is 12.8 Å². The van der Waals surface area contributed by atoms with Gasteiger partial charge in [0.2, 0.25) is 0 Å². The highest BCUT2D eigenvalue weighted by atomic mass is 16.1. The zero-order chi connectivity index (χ0) is 10.1. The van der Waals surface area contributed by atoms with Crippen LogP contribution in [0.3, 0.4) is 0 Å². The van der Waals surface area contributed by atoms with Crippen molar-refractivity contribution in [2.45, 2.75) is 39.5 Å². The van der Waals surface area contributed by atoms with Gasteiger partial charge in [0.25, 0.3) is 5.56 Å². The molecule has 1 N–H and O–H groups in total. The predicted octanol–water partition coefficient (Wildman–Crippen LogP) is 1.59. The Morgan fingerprint density at radius 1 is 1.50 bits per heavy atom. The average Bonchev–Trinajstić information content (AvgIpc) is 2.95. The van der Waals surface area contributed by atoms with E-state index >= 15 is 0 Å². The van der Waals surface area contributed by atoms with Gasteiger partial charge in [0, 0.05) is 12.0 Å². The van der Waals surface area contributed by atoms with E-state index in [9.17, 15) is 4.79 Å². The minimum atomic E-state index is 0.0347. The molecule has 14 heavy (non-hydrogen) atoms. The van der Waals surface area contributed by atoms with E-state index in [1.165, 1.54) is 12.8 Å². The summed E-state index contributed by atoms with van der Waals surface area (Å²) >= 11 is 0. The Bertz CT molecular complexity index is 391. The number of nitrogens with zero attached hydrogens (tertiary/aromatic N) is 1. The van der Waals surface area contributed by atoms with Gasteiger partial charge in [-0.3, -0.25) is 4.79 Å². The third-order valence-corrected chi connectivity index (χ3v) is 2.82. The Balaban J connectivity index is 2.31. The average molecular weight is 192 g/mol. The van der Waals surface area contributed by atoms with Crippen molar-refractivity contribution in [3.8, 4) is 0 Å². The molecule has 1 heterocycles. The van der Waals surface area contributed by atoms with Crippen LogP contribution in [0.15, 0.2) is 4.79 Å². The summed E-state index contributed by atoms with van der Waals surface area (Å²) in [6.45, 7) is 3.88. The van der Waals surface area contributed by atoms with Gasteiger partial charge in [0.05, 0.1) is 5.69 Å². The van der Waals surface area contributed by atoms with E-state index in [2.05, 4.69) is 9.97 Å². The lowest BCUT2D eigenvalue weighted by atomic mass is 10.2. The zero-order valence-corrected chi connectivity index (χ0v) is 8.76. The molecule has 1 aromatic rings. The number of nitrogens with one attached hydrogen (secondary N) is 1. The minimum Gasteiger partial charge on any atom is -0.310 e. The predicted molar refractivity (Wildman–Crippen MR) is 55.4 cm³/mol. The van der Waals surface area contributed by atoms with Crippen molar-refractivity contribution in [2.75, 3.05) is 0 Å². The molecule has 1 aliphatic carbocycles. The summed E-state index contributed by atoms with van der Waals surface area (Å²) in [6.07, 6.45) is 4.37. The van der Waals surface area contributed by atoms with Gasteiger partial charge in [0.15, 0.2) is 0 Å². The molecule has 0 unspecified atom stereocenters. The molecule has 3 nitrogen and oxygen atoms in total. The fourth-order valence-corrected chi connectivity index (χ4v) is 1.67. The van der Waals surface area contributed by atoms with Gasteiger partial charge in [-0.2, -0.15) is 0 Å². The first kappa shape index (κ1) is 9.44. The van der Waals surface area contributed by atoms with Crippen molar-refractivity contribution < 1.29 is 0 Å². The molecule has 1 fully saturated rings. The number of aromatic nitrogens is 2. The fourth-order valence-electron chi connectivity index (χ4n) is 1.67. The first-order valence-corrected chi connectivity index (χ1v) is 5.29. The van der Waals surface area contributed by atoms with Crippen LogP contribution in [0, 0.1) is 12.8 Å². The summed E-state index contributed by atoms with van der Waals surface area (Å²) in [4.78, 5) is 18.9. The highest BCUT2D eigenvalue weighted by molar-refractivity contribution is 5.16. The molecule has 2 rings (SSSR count). The van der Waals surface area contributed by atoms with Crippen molar-refractivity contribution >= 4 is 0 Å². The van der Waals surface area contributed by atoms with Gasteiger partial charge in [-0.25, -0.2) is 4.98 Å². The normalized spacial score (nSPS) is 15.9. The Labute approximate surface area is 83.6 Å². The molecule has 0 radical (unpaired) electrons. The molecule has 1 aromatic heterocycles. The molecule has 76 valence electrons. The van der Waals surface area contributed by atoms with E-state index in [0.717, 1.165) is 35.8 Å². The second kappa shape index (κ2) is 3.56. The Morgan fingerprint density at radius 2 is 2.21 bits per heavy atom. The summed E-state index contributed by atoms with van der Waals surface area (Å²) in [7, 11) is 0. The number of rotatable bonds is 3. The maximum Gasteiger partial charge on any atom is 0.254 e. The van der Waals surface area contributed by atoms with E-state index in [1.807, 2.05) is 13.8 Å². The third-order valence-electron chi connectivity index (χ3n) is 2.82. The second-order valence-corrected chi connectivity index (χ2v) is 4.09. The van der Waals surface area contributed by atoms with Crippen molar-refractivity contribution in [1.82, 2.24) is 9.97 Å². The van der Waals surface area contributed by atoms with Crippen LogP contribution < -0.4 is 5.56 Å². The molecule has 1 saturated carbocycles. The number of aromatic amines is 1. The summed E-state index contributed by atoms with van der Waals surface area (Å²) in [5.41, 5.74) is 1.75. The lowest BCUT2D eigenvalue weighted by molar-refractivity contribution is 0.746. The Hall–Kier alpha value is -1.12. The first-order valence-electron chi connectivity index (χ1n) is 5.29. The summed E-state index contributed by atoms with van der Waals surface area (Å²) in [5, 5.41) is 0. The number of hydrogen-bond donors (Lipinski definition) is 1. The van der Waals surface area contributed by atoms with E-state index in [4.69, 9.17) is 0 Å². The maximum atomic E-state index is 11.5. The van der Waals surface area contributed by atoms with Crippen LogP contribution in [0.1, 0.15) is 36.8 Å². The van der Waals surface area contributed by atoms with E-state index in [0.29, 0.717) is 0 Å². The summed E-state index contributed by atoms with van der Waals surface area (Å²) < 4.78 is 0. The topological polar surface area (TPSA) is 45.8 Å². The van der Waals surface area contributed by atoms with Crippen molar-refractivity contribution in [2.24, 2.45) is 5.92 Å². The number of hydrogen-bond acceptors (Lipinski definition) is 2. The number of H-pyrrole nitrogens is 1. The van der Waals surface area contributed by atoms with Gasteiger partial charge >= 0.3 is 0 Å². The summed E-state index contributed by atoms with van der Waals surface area (Å²) in [5.74, 6) is 1.64. The fraction of sp³-hybridized carbons (Fsp3) is 0.636. The maximum absolute atomic E-state index is 11.5. The highest BCUT2D eigenvalue weighted by Gasteiger charge is 2.22. The van der Waals surface area contributed by atoms with Crippen LogP contribution in [0.25, 0.3) is 0 Å². The van der Waals surface area contributed by atoms with Crippen molar-refractivity contribution in [3.63, 3.8) is 0 Å². The molecule has 0 amide bonds. The van der Waals surface area contributed by atoms with Crippen LogP contribution >= 0.6 is 0 Å². The Morgan fingerprint density at radius 3 is 2.79 bits per heavy atom. The molecule has 0 atom stereocenters. The largest absolute Gasteiger partial charge is 0.310 e. The monoisotopic (exact) mass is 192 g/mol. The minimum absolute atomic E-state index is 0.0347. The van der Waals surface area contributed by atoms with Crippen LogP contribution in [0.5, 0.6) is 0 Å². The molecule has 0 aliphatic heterocycles. The molecule has 0 aromatic carbocycles. The molecule has 0 spiro atoms. The molecule has 0 bridgehead atoms. The molecular formula is C11H16N2O. The quantitative estimate of drug-likeness (QED) is 0.790. The molecule has 0 saturated heterocycles. The van der Waals surface area contributed by atoms with E-state index in [-0.39, 0.29) is 5.56 Å². The van der Waals surface area contributed by atoms with Gasteiger partial charge in [-0.15, -0.1) is 0 Å². The SMILES string of the molecule is CCc1nc(CC2CC2)[nH]c(=O)c1C. The van der Waals surface area contributed by atoms with Crippen molar-refractivity contribution in [1.29, 1.82) is 0 Å². The number of aryl methyl sites for hydroxylation is 1. The van der Waals surface area contributed by atoms with E-state index in [1.54, 1.807) is 0 Å². The van der Waals surface area contributed by atoms with Gasteiger partial charge in [-0.1, -0.05) is 6.92 Å². The zero-order valence-electron chi connectivity index (χ0n) is 8.76. The smallest absolute Gasteiger partial charge is 0.254 e. The molecule has 1 aliphatic rings. The van der Waals surface area contributed by atoms with Crippen molar-refractivity contribution in [3.05, 3.63) is 27.4 Å². The van der Waals surface area contributed by atoms with Gasteiger partial charge in [0.1, 0.15) is 5.82 Å².